The monoisotopic (exact) mass is 347 g/mol. The van der Waals surface area contributed by atoms with Crippen molar-refractivity contribution in [2.75, 3.05) is 26.2 Å². The van der Waals surface area contributed by atoms with E-state index in [0.29, 0.717) is 5.39 Å². The van der Waals surface area contributed by atoms with E-state index < -0.39 is 13.8 Å². The maximum atomic E-state index is 13.2. The van der Waals surface area contributed by atoms with Gasteiger partial charge in [0.15, 0.2) is 0 Å². The van der Waals surface area contributed by atoms with Gasteiger partial charge in [0.2, 0.25) is 0 Å². The molecule has 2 heterocycles. The first-order chi connectivity index (χ1) is 11.5. The Kier molecular flexibility index (Phi) is 3.69. The number of nitrogens with zero attached hydrogens (tertiary/aromatic N) is 3. The molecule has 0 aromatic heterocycles. The Labute approximate surface area is 139 Å². The molecular formula is C16H18N3O4P. The van der Waals surface area contributed by atoms with E-state index in [1.54, 1.807) is 18.2 Å². The average Bonchev–Trinajstić information content (AvgIpc) is 3.44. The van der Waals surface area contributed by atoms with Crippen LogP contribution in [0.3, 0.4) is 0 Å². The van der Waals surface area contributed by atoms with E-state index in [9.17, 15) is 14.7 Å². The molecule has 7 nitrogen and oxygen atoms in total. The van der Waals surface area contributed by atoms with Gasteiger partial charge < -0.3 is 0 Å². The predicted molar refractivity (Wildman–Crippen MR) is 90.9 cm³/mol. The lowest BCUT2D eigenvalue weighted by Crippen LogP contribution is -2.11. The summed E-state index contributed by atoms with van der Waals surface area (Å²) in [6, 6.07) is 10.4. The summed E-state index contributed by atoms with van der Waals surface area (Å²) in [5.74, 6) is 0. The number of nitro groups is 1. The summed E-state index contributed by atoms with van der Waals surface area (Å²) in [4.78, 5) is 10.9. The Bertz CT molecular complexity index is 848. The van der Waals surface area contributed by atoms with Gasteiger partial charge in [-0.3, -0.25) is 19.2 Å². The Morgan fingerprint density at radius 3 is 2.21 bits per heavy atom. The molecule has 24 heavy (non-hydrogen) atoms. The number of fused-ring (bicyclic) bond motifs is 1. The van der Waals surface area contributed by atoms with Crippen LogP contribution in [0.4, 0.5) is 5.69 Å². The van der Waals surface area contributed by atoms with Crippen LogP contribution in [-0.4, -0.2) is 40.4 Å². The molecule has 0 N–H and O–H groups in total. The van der Waals surface area contributed by atoms with Gasteiger partial charge in [-0.2, -0.15) is 0 Å². The van der Waals surface area contributed by atoms with Gasteiger partial charge in [0.05, 0.1) is 16.4 Å². The van der Waals surface area contributed by atoms with Gasteiger partial charge in [-0.15, -0.1) is 0 Å². The standard InChI is InChI=1S/C16H18N3O4P/c1-12(23-24(22,17-8-9-17)18-10-11-18)13-6-7-16(19(20)21)15-5-3-2-4-14(13)15/h2-7,12H,8-11H2,1H3/t12-/m0/s1. The van der Waals surface area contributed by atoms with Crippen molar-refractivity contribution in [2.24, 2.45) is 0 Å². The van der Waals surface area contributed by atoms with Gasteiger partial charge in [0, 0.05) is 32.2 Å². The number of nitro benzene ring substituents is 1. The topological polar surface area (TPSA) is 75.5 Å². The van der Waals surface area contributed by atoms with E-state index in [1.807, 2.05) is 28.4 Å². The highest BCUT2D eigenvalue weighted by atomic mass is 31.2. The van der Waals surface area contributed by atoms with Gasteiger partial charge in [-0.05, 0) is 30.0 Å². The minimum Gasteiger partial charge on any atom is -0.298 e. The van der Waals surface area contributed by atoms with Crippen LogP contribution < -0.4 is 0 Å². The minimum atomic E-state index is -2.94. The van der Waals surface area contributed by atoms with Crippen LogP contribution in [0.5, 0.6) is 0 Å². The molecule has 2 saturated heterocycles. The fraction of sp³-hybridized carbons (Fsp3) is 0.375. The van der Waals surface area contributed by atoms with E-state index in [4.69, 9.17) is 4.52 Å². The maximum absolute atomic E-state index is 13.2. The van der Waals surface area contributed by atoms with Crippen LogP contribution in [0, 0.1) is 10.1 Å². The number of rotatable bonds is 6. The molecule has 1 atom stereocenters. The highest BCUT2D eigenvalue weighted by Crippen LogP contribution is 2.63. The van der Waals surface area contributed by atoms with Crippen LogP contribution >= 0.6 is 7.67 Å². The van der Waals surface area contributed by atoms with Gasteiger partial charge in [0.25, 0.3) is 5.69 Å². The number of hydrogen-bond acceptors (Lipinski definition) is 4. The lowest BCUT2D eigenvalue weighted by Gasteiger charge is -2.24. The first-order valence-electron chi connectivity index (χ1n) is 7.96. The highest BCUT2D eigenvalue weighted by molar-refractivity contribution is 7.54. The van der Waals surface area contributed by atoms with Crippen molar-refractivity contribution in [1.29, 1.82) is 0 Å². The molecule has 0 bridgehead atoms. The molecule has 0 radical (unpaired) electrons. The summed E-state index contributed by atoms with van der Waals surface area (Å²) in [5, 5.41) is 12.6. The third-order valence-electron chi connectivity index (χ3n) is 4.43. The molecular weight excluding hydrogens is 329 g/mol. The zero-order valence-electron chi connectivity index (χ0n) is 13.3. The lowest BCUT2D eigenvalue weighted by atomic mass is 10.00. The van der Waals surface area contributed by atoms with Gasteiger partial charge in [-0.1, -0.05) is 18.2 Å². The molecule has 2 aromatic carbocycles. The summed E-state index contributed by atoms with van der Waals surface area (Å²) in [6.45, 7) is 5.03. The highest BCUT2D eigenvalue weighted by Gasteiger charge is 2.50. The van der Waals surface area contributed by atoms with Gasteiger partial charge in [0.1, 0.15) is 0 Å². The zero-order valence-corrected chi connectivity index (χ0v) is 14.2. The number of hydrogen-bond donors (Lipinski definition) is 0. The summed E-state index contributed by atoms with van der Waals surface area (Å²) in [7, 11) is -2.94. The molecule has 2 aliphatic rings. The molecule has 2 fully saturated rings. The van der Waals surface area contributed by atoms with E-state index in [-0.39, 0.29) is 10.6 Å². The van der Waals surface area contributed by atoms with Crippen LogP contribution in [0.2, 0.25) is 0 Å². The quantitative estimate of drug-likeness (QED) is 0.344. The first-order valence-corrected chi connectivity index (χ1v) is 9.49. The third kappa shape index (κ3) is 2.63. The van der Waals surface area contributed by atoms with Crippen molar-refractivity contribution in [2.45, 2.75) is 13.0 Å². The molecule has 0 amide bonds. The van der Waals surface area contributed by atoms with Crippen molar-refractivity contribution >= 4 is 24.1 Å². The fourth-order valence-electron chi connectivity index (χ4n) is 2.99. The summed E-state index contributed by atoms with van der Waals surface area (Å²) in [6.07, 6.45) is -0.414. The molecule has 126 valence electrons. The molecule has 2 aromatic rings. The largest absolute Gasteiger partial charge is 0.346 e. The smallest absolute Gasteiger partial charge is 0.298 e. The number of benzene rings is 2. The molecule has 0 unspecified atom stereocenters. The SMILES string of the molecule is C[C@H](OP(=O)(N1CC1)N1CC1)c1ccc([N+](=O)[O-])c2ccccc12. The lowest BCUT2D eigenvalue weighted by molar-refractivity contribution is -0.383. The molecule has 0 spiro atoms. The molecule has 4 rings (SSSR count). The van der Waals surface area contributed by atoms with Crippen LogP contribution in [-0.2, 0) is 9.09 Å². The number of non-ortho nitro benzene ring substituents is 1. The molecule has 8 heteroatoms. The second kappa shape index (κ2) is 5.63. The zero-order chi connectivity index (χ0) is 16.9. The Balaban J connectivity index is 1.72. The molecule has 0 saturated carbocycles. The minimum absolute atomic E-state index is 0.0709. The second-order valence-corrected chi connectivity index (χ2v) is 8.45. The summed E-state index contributed by atoms with van der Waals surface area (Å²) < 4.78 is 22.9. The van der Waals surface area contributed by atoms with E-state index in [1.165, 1.54) is 6.07 Å². The van der Waals surface area contributed by atoms with Crippen LogP contribution in [0.1, 0.15) is 18.6 Å². The van der Waals surface area contributed by atoms with Gasteiger partial charge in [-0.25, -0.2) is 9.34 Å². The fourth-order valence-corrected chi connectivity index (χ4v) is 5.33. The second-order valence-electron chi connectivity index (χ2n) is 6.12. The molecule has 2 aliphatic heterocycles. The van der Waals surface area contributed by atoms with Crippen molar-refractivity contribution in [1.82, 2.24) is 9.34 Å². The van der Waals surface area contributed by atoms with Crippen molar-refractivity contribution in [3.05, 3.63) is 52.1 Å². The molecule has 0 aliphatic carbocycles. The van der Waals surface area contributed by atoms with Gasteiger partial charge >= 0.3 is 7.67 Å². The summed E-state index contributed by atoms with van der Waals surface area (Å²) in [5.41, 5.74) is 0.891. The predicted octanol–water partition coefficient (Wildman–Crippen LogP) is 3.56. The van der Waals surface area contributed by atoms with E-state index in [0.717, 1.165) is 37.1 Å². The summed E-state index contributed by atoms with van der Waals surface area (Å²) >= 11 is 0. The first kappa shape index (κ1) is 15.7. The van der Waals surface area contributed by atoms with E-state index >= 15 is 0 Å². The third-order valence-corrected chi connectivity index (χ3v) is 7.25. The van der Waals surface area contributed by atoms with Crippen molar-refractivity contribution in [3.8, 4) is 0 Å². The Morgan fingerprint density at radius 1 is 1.08 bits per heavy atom. The van der Waals surface area contributed by atoms with Crippen molar-refractivity contribution in [3.63, 3.8) is 0 Å². The van der Waals surface area contributed by atoms with Crippen LogP contribution in [0.15, 0.2) is 36.4 Å². The normalized spacial score (nSPS) is 19.4. The van der Waals surface area contributed by atoms with Crippen molar-refractivity contribution < 1.29 is 14.0 Å². The van der Waals surface area contributed by atoms with E-state index in [2.05, 4.69) is 0 Å². The maximum Gasteiger partial charge on any atom is 0.346 e. The average molecular weight is 347 g/mol. The van der Waals surface area contributed by atoms with Crippen LogP contribution in [0.25, 0.3) is 10.8 Å². The Hall–Kier alpha value is -1.79. The Morgan fingerprint density at radius 2 is 1.67 bits per heavy atom.